The maximum Gasteiger partial charge on any atom is 0.407 e. The van der Waals surface area contributed by atoms with Gasteiger partial charge in [0.15, 0.2) is 6.79 Å². The number of benzene rings is 1. The molecular formula is C15H22INO4. The molecule has 0 aliphatic heterocycles. The Labute approximate surface area is 139 Å². The summed E-state index contributed by atoms with van der Waals surface area (Å²) < 4.78 is 17.1. The van der Waals surface area contributed by atoms with Crippen LogP contribution in [0.2, 0.25) is 0 Å². The van der Waals surface area contributed by atoms with Gasteiger partial charge >= 0.3 is 6.09 Å². The van der Waals surface area contributed by atoms with Crippen molar-refractivity contribution < 1.29 is 19.0 Å². The van der Waals surface area contributed by atoms with Crippen molar-refractivity contribution >= 4 is 28.7 Å². The molecule has 1 aromatic carbocycles. The van der Waals surface area contributed by atoms with Gasteiger partial charge in [-0.25, -0.2) is 4.79 Å². The monoisotopic (exact) mass is 407 g/mol. The number of primary amides is 1. The van der Waals surface area contributed by atoms with Crippen molar-refractivity contribution in [3.8, 4) is 0 Å². The summed E-state index contributed by atoms with van der Waals surface area (Å²) >= 11 is 2.20. The maximum absolute atomic E-state index is 11.3. The first-order chi connectivity index (χ1) is 10.0. The molecule has 0 aliphatic rings. The van der Waals surface area contributed by atoms with Crippen molar-refractivity contribution in [2.24, 2.45) is 5.73 Å². The molecule has 0 heterocycles. The fourth-order valence-electron chi connectivity index (χ4n) is 2.09. The topological polar surface area (TPSA) is 70.8 Å². The summed E-state index contributed by atoms with van der Waals surface area (Å²) in [5.41, 5.74) is 6.01. The molecule has 1 aromatic rings. The third kappa shape index (κ3) is 5.80. The van der Waals surface area contributed by atoms with Crippen molar-refractivity contribution in [1.29, 1.82) is 0 Å². The molecule has 21 heavy (non-hydrogen) atoms. The third-order valence-electron chi connectivity index (χ3n) is 3.05. The van der Waals surface area contributed by atoms with Gasteiger partial charge in [-0.2, -0.15) is 0 Å². The van der Waals surface area contributed by atoms with Crippen LogP contribution in [0.1, 0.15) is 38.2 Å². The lowest BCUT2D eigenvalue weighted by Gasteiger charge is -2.33. The number of ether oxygens (including phenoxy) is 3. The Morgan fingerprint density at radius 2 is 2.14 bits per heavy atom. The molecule has 2 N–H and O–H groups in total. The van der Waals surface area contributed by atoms with Crippen LogP contribution in [-0.4, -0.2) is 20.0 Å². The highest BCUT2D eigenvalue weighted by molar-refractivity contribution is 14.1. The first kappa shape index (κ1) is 18.2. The van der Waals surface area contributed by atoms with Crippen molar-refractivity contribution in [3.05, 3.63) is 33.4 Å². The van der Waals surface area contributed by atoms with E-state index in [1.165, 1.54) is 7.11 Å². The lowest BCUT2D eigenvalue weighted by atomic mass is 9.99. The zero-order chi connectivity index (χ0) is 15.7. The quantitative estimate of drug-likeness (QED) is 0.385. The van der Waals surface area contributed by atoms with E-state index in [9.17, 15) is 4.79 Å². The van der Waals surface area contributed by atoms with Crippen molar-refractivity contribution in [2.45, 2.75) is 38.4 Å². The van der Waals surface area contributed by atoms with Crippen LogP contribution in [0.5, 0.6) is 0 Å². The minimum absolute atomic E-state index is 0.0187. The van der Waals surface area contributed by atoms with Gasteiger partial charge < -0.3 is 19.9 Å². The van der Waals surface area contributed by atoms with Gasteiger partial charge in [-0.05, 0) is 41.1 Å². The molecule has 0 saturated carbocycles. The number of methoxy groups -OCH3 is 1. The molecule has 1 amide bonds. The van der Waals surface area contributed by atoms with Crippen molar-refractivity contribution in [2.75, 3.05) is 13.9 Å². The van der Waals surface area contributed by atoms with Gasteiger partial charge in [0, 0.05) is 22.7 Å². The van der Waals surface area contributed by atoms with Gasteiger partial charge in [0.05, 0.1) is 0 Å². The summed E-state index contributed by atoms with van der Waals surface area (Å²) in [6, 6.07) is 7.64. The predicted molar refractivity (Wildman–Crippen MR) is 88.6 cm³/mol. The van der Waals surface area contributed by atoms with Crippen LogP contribution in [0.15, 0.2) is 24.3 Å². The highest BCUT2D eigenvalue weighted by Crippen LogP contribution is 2.34. The minimum Gasteiger partial charge on any atom is -0.412 e. The van der Waals surface area contributed by atoms with E-state index in [2.05, 4.69) is 29.5 Å². The number of amides is 1. The zero-order valence-corrected chi connectivity index (χ0v) is 14.6. The van der Waals surface area contributed by atoms with E-state index in [0.717, 1.165) is 28.4 Å². The van der Waals surface area contributed by atoms with E-state index in [0.29, 0.717) is 6.42 Å². The molecule has 0 spiro atoms. The molecule has 0 fully saturated rings. The molecule has 5 nitrogen and oxygen atoms in total. The van der Waals surface area contributed by atoms with Crippen LogP contribution in [0.3, 0.4) is 0 Å². The van der Waals surface area contributed by atoms with Crippen molar-refractivity contribution in [3.63, 3.8) is 0 Å². The summed E-state index contributed by atoms with van der Waals surface area (Å²) in [7, 11) is 1.52. The smallest absolute Gasteiger partial charge is 0.407 e. The summed E-state index contributed by atoms with van der Waals surface area (Å²) in [6.07, 6.45) is 2.61. The Morgan fingerprint density at radius 1 is 1.38 bits per heavy atom. The van der Waals surface area contributed by atoms with Gasteiger partial charge in [-0.1, -0.05) is 31.9 Å². The Morgan fingerprint density at radius 3 is 2.71 bits per heavy atom. The molecule has 0 saturated heterocycles. The third-order valence-corrected chi connectivity index (χ3v) is 3.72. The highest BCUT2D eigenvalue weighted by atomic mass is 127. The van der Waals surface area contributed by atoms with Gasteiger partial charge in [0.2, 0.25) is 5.79 Å². The van der Waals surface area contributed by atoms with E-state index in [1.54, 1.807) is 0 Å². The number of nitrogens with two attached hydrogens (primary N) is 1. The van der Waals surface area contributed by atoms with E-state index in [4.69, 9.17) is 19.9 Å². The van der Waals surface area contributed by atoms with E-state index < -0.39 is 11.9 Å². The van der Waals surface area contributed by atoms with Crippen LogP contribution in [0, 0.1) is 3.57 Å². The number of hydrogen-bond donors (Lipinski definition) is 1. The lowest BCUT2D eigenvalue weighted by Crippen LogP contribution is -2.38. The molecular weight excluding hydrogens is 385 g/mol. The zero-order valence-electron chi connectivity index (χ0n) is 12.4. The normalized spacial score (nSPS) is 13.7. The van der Waals surface area contributed by atoms with Crippen LogP contribution >= 0.6 is 22.6 Å². The molecule has 0 bridgehead atoms. The minimum atomic E-state index is -1.20. The van der Waals surface area contributed by atoms with Gasteiger partial charge in [-0.15, -0.1) is 0 Å². The van der Waals surface area contributed by atoms with E-state index >= 15 is 0 Å². The number of hydrogen-bond acceptors (Lipinski definition) is 4. The number of rotatable bonds is 9. The van der Waals surface area contributed by atoms with Crippen LogP contribution in [0.25, 0.3) is 0 Å². The van der Waals surface area contributed by atoms with Crippen LogP contribution in [0.4, 0.5) is 4.79 Å². The number of halogens is 1. The van der Waals surface area contributed by atoms with Crippen LogP contribution in [-0.2, 0) is 20.0 Å². The van der Waals surface area contributed by atoms with Crippen LogP contribution < -0.4 is 5.73 Å². The largest absolute Gasteiger partial charge is 0.412 e. The summed E-state index contributed by atoms with van der Waals surface area (Å²) in [5, 5.41) is 0. The number of unbranched alkanes of at least 4 members (excludes halogenated alkanes) is 2. The average Bonchev–Trinajstić information content (AvgIpc) is 2.44. The van der Waals surface area contributed by atoms with E-state index in [-0.39, 0.29) is 6.79 Å². The molecule has 0 aromatic heterocycles. The molecule has 1 atom stereocenters. The second kappa shape index (κ2) is 9.22. The summed E-state index contributed by atoms with van der Waals surface area (Å²) in [6.45, 7) is 2.13. The second-order valence-electron chi connectivity index (χ2n) is 4.69. The van der Waals surface area contributed by atoms with Gasteiger partial charge in [0.1, 0.15) is 0 Å². The second-order valence-corrected chi connectivity index (χ2v) is 5.94. The summed E-state index contributed by atoms with van der Waals surface area (Å²) in [4.78, 5) is 11.3. The predicted octanol–water partition coefficient (Wildman–Crippen LogP) is 3.74. The Kier molecular flexibility index (Phi) is 7.98. The lowest BCUT2D eigenvalue weighted by molar-refractivity contribution is -0.252. The standard InChI is InChI=1S/C15H22INO4/c1-3-4-5-9-15(20-11-19-2,21-14(17)18)12-7-6-8-13(16)10-12/h6-8,10H,3-5,9,11H2,1-2H3,(H2,17,18)/t15-/m0/s1. The Bertz CT molecular complexity index is 455. The molecule has 118 valence electrons. The molecule has 0 unspecified atom stereocenters. The van der Waals surface area contributed by atoms with E-state index in [1.807, 2.05) is 24.3 Å². The Hall–Kier alpha value is -0.860. The maximum atomic E-state index is 11.3. The average molecular weight is 407 g/mol. The molecule has 1 rings (SSSR count). The highest BCUT2D eigenvalue weighted by Gasteiger charge is 2.37. The fourth-order valence-corrected chi connectivity index (χ4v) is 2.63. The number of carbonyl (C=O) groups excluding carboxylic acids is 1. The molecule has 6 heteroatoms. The van der Waals surface area contributed by atoms with Gasteiger partial charge in [-0.3, -0.25) is 0 Å². The van der Waals surface area contributed by atoms with Gasteiger partial charge in [0.25, 0.3) is 0 Å². The molecule has 0 radical (unpaired) electrons. The first-order valence-electron chi connectivity index (χ1n) is 6.91. The first-order valence-corrected chi connectivity index (χ1v) is 7.99. The molecule has 0 aliphatic carbocycles. The Balaban J connectivity index is 3.10. The SMILES string of the molecule is CCCCC[C@](OCOC)(OC(N)=O)c1cccc(I)c1. The summed E-state index contributed by atoms with van der Waals surface area (Å²) in [5.74, 6) is -1.20. The fraction of sp³-hybridized carbons (Fsp3) is 0.533. The number of carbonyl (C=O) groups is 1. The van der Waals surface area contributed by atoms with Crippen molar-refractivity contribution in [1.82, 2.24) is 0 Å².